The quantitative estimate of drug-likeness (QED) is 0.603. The molecule has 100 valence electrons. The van der Waals surface area contributed by atoms with Gasteiger partial charge in [0.1, 0.15) is 5.75 Å². The summed E-state index contributed by atoms with van der Waals surface area (Å²) in [5, 5.41) is 0. The van der Waals surface area contributed by atoms with Gasteiger partial charge in [-0.1, -0.05) is 26.0 Å². The molecule has 0 aliphatic carbocycles. The van der Waals surface area contributed by atoms with Crippen molar-refractivity contribution in [3.05, 3.63) is 29.8 Å². The van der Waals surface area contributed by atoms with Gasteiger partial charge in [-0.15, -0.1) is 0 Å². The molecule has 18 heavy (non-hydrogen) atoms. The van der Waals surface area contributed by atoms with Gasteiger partial charge in [0.15, 0.2) is 0 Å². The fraction of sp³-hybridized carbons (Fsp3) is 0.533. The average Bonchev–Trinajstić information content (AvgIpc) is 2.28. The van der Waals surface area contributed by atoms with E-state index in [1.807, 2.05) is 45.0 Å². The second-order valence-electron chi connectivity index (χ2n) is 5.67. The van der Waals surface area contributed by atoms with Crippen LogP contribution in [0.1, 0.15) is 46.1 Å². The van der Waals surface area contributed by atoms with Crippen molar-refractivity contribution in [1.29, 1.82) is 0 Å². The number of carbonyl (C=O) groups excluding carboxylic acids is 1. The number of hydrogen-bond acceptors (Lipinski definition) is 3. The Labute approximate surface area is 109 Å². The Balaban J connectivity index is 2.43. The molecule has 0 unspecified atom stereocenters. The molecule has 3 nitrogen and oxygen atoms in total. The van der Waals surface area contributed by atoms with E-state index < -0.39 is 5.41 Å². The summed E-state index contributed by atoms with van der Waals surface area (Å²) in [6.45, 7) is 9.67. The van der Waals surface area contributed by atoms with Crippen LogP contribution < -0.4 is 4.74 Å². The lowest BCUT2D eigenvalue weighted by molar-refractivity contribution is -0.159. The Hall–Kier alpha value is -1.51. The van der Waals surface area contributed by atoms with Gasteiger partial charge in [0.05, 0.1) is 5.41 Å². The molecule has 0 N–H and O–H groups in total. The summed E-state index contributed by atoms with van der Waals surface area (Å²) in [5.74, 6) is 0.945. The van der Waals surface area contributed by atoms with Gasteiger partial charge in [-0.2, -0.15) is 0 Å². The topological polar surface area (TPSA) is 35.5 Å². The molecule has 0 amide bonds. The van der Waals surface area contributed by atoms with E-state index in [9.17, 15) is 4.79 Å². The van der Waals surface area contributed by atoms with Crippen molar-refractivity contribution in [2.75, 3.05) is 6.79 Å². The Kier molecular flexibility index (Phi) is 4.76. The highest BCUT2D eigenvalue weighted by Crippen LogP contribution is 2.19. The standard InChI is InChI=1S/C15H22O3/c1-11(2)12-6-8-13(9-7-12)17-10-18-14(16)15(3,4)5/h6-9,11H,10H2,1-5H3. The molecule has 0 saturated carbocycles. The Morgan fingerprint density at radius 3 is 2.17 bits per heavy atom. The first kappa shape index (κ1) is 14.6. The van der Waals surface area contributed by atoms with Crippen LogP contribution in [0.3, 0.4) is 0 Å². The summed E-state index contributed by atoms with van der Waals surface area (Å²) in [5.41, 5.74) is 0.763. The highest BCUT2D eigenvalue weighted by molar-refractivity contribution is 5.75. The van der Waals surface area contributed by atoms with Crippen LogP contribution in [0.4, 0.5) is 0 Å². The Morgan fingerprint density at radius 1 is 1.17 bits per heavy atom. The van der Waals surface area contributed by atoms with Crippen molar-refractivity contribution in [2.24, 2.45) is 5.41 Å². The van der Waals surface area contributed by atoms with Crippen LogP contribution in [0.25, 0.3) is 0 Å². The molecular weight excluding hydrogens is 228 g/mol. The Bertz CT molecular complexity index is 385. The van der Waals surface area contributed by atoms with E-state index >= 15 is 0 Å². The van der Waals surface area contributed by atoms with Crippen LogP contribution in [0, 0.1) is 5.41 Å². The molecular formula is C15H22O3. The minimum Gasteiger partial charge on any atom is -0.457 e. The monoisotopic (exact) mass is 250 g/mol. The predicted octanol–water partition coefficient (Wildman–Crippen LogP) is 3.74. The highest BCUT2D eigenvalue weighted by atomic mass is 16.7. The fourth-order valence-electron chi connectivity index (χ4n) is 1.32. The van der Waals surface area contributed by atoms with Crippen molar-refractivity contribution >= 4 is 5.97 Å². The molecule has 3 heteroatoms. The third-order valence-electron chi connectivity index (χ3n) is 2.57. The Morgan fingerprint density at radius 2 is 1.72 bits per heavy atom. The molecule has 0 atom stereocenters. The smallest absolute Gasteiger partial charge is 0.314 e. The van der Waals surface area contributed by atoms with Crippen LogP contribution in [0.15, 0.2) is 24.3 Å². The maximum atomic E-state index is 11.5. The molecule has 0 aromatic heterocycles. The maximum absolute atomic E-state index is 11.5. The van der Waals surface area contributed by atoms with E-state index in [1.165, 1.54) is 5.56 Å². The minimum absolute atomic E-state index is 0.0445. The molecule has 0 radical (unpaired) electrons. The zero-order valence-electron chi connectivity index (χ0n) is 11.8. The third kappa shape index (κ3) is 4.40. The molecule has 0 saturated heterocycles. The van der Waals surface area contributed by atoms with Crippen molar-refractivity contribution in [3.8, 4) is 5.75 Å². The summed E-state index contributed by atoms with van der Waals surface area (Å²) in [6, 6.07) is 7.82. The molecule has 0 aliphatic rings. The van der Waals surface area contributed by atoms with Gasteiger partial charge in [-0.05, 0) is 44.4 Å². The maximum Gasteiger partial charge on any atom is 0.314 e. The van der Waals surface area contributed by atoms with Gasteiger partial charge >= 0.3 is 5.97 Å². The average molecular weight is 250 g/mol. The lowest BCUT2D eigenvalue weighted by atomic mass is 9.98. The van der Waals surface area contributed by atoms with Crippen LogP contribution in [0.2, 0.25) is 0 Å². The van der Waals surface area contributed by atoms with Crippen molar-refractivity contribution in [2.45, 2.75) is 40.5 Å². The van der Waals surface area contributed by atoms with E-state index in [2.05, 4.69) is 13.8 Å². The zero-order chi connectivity index (χ0) is 13.8. The molecule has 1 aromatic carbocycles. The molecule has 0 heterocycles. The second-order valence-corrected chi connectivity index (χ2v) is 5.67. The largest absolute Gasteiger partial charge is 0.457 e. The van der Waals surface area contributed by atoms with Gasteiger partial charge in [-0.3, -0.25) is 4.79 Å². The van der Waals surface area contributed by atoms with Crippen LogP contribution in [0.5, 0.6) is 5.75 Å². The summed E-state index contributed by atoms with van der Waals surface area (Å²) in [7, 11) is 0. The first-order valence-corrected chi connectivity index (χ1v) is 6.20. The third-order valence-corrected chi connectivity index (χ3v) is 2.57. The molecule has 0 aliphatic heterocycles. The molecule has 1 rings (SSSR count). The number of carbonyl (C=O) groups is 1. The van der Waals surface area contributed by atoms with Crippen LogP contribution >= 0.6 is 0 Å². The normalized spacial score (nSPS) is 11.4. The highest BCUT2D eigenvalue weighted by Gasteiger charge is 2.22. The van der Waals surface area contributed by atoms with Crippen molar-refractivity contribution in [3.63, 3.8) is 0 Å². The number of esters is 1. The first-order chi connectivity index (χ1) is 8.30. The lowest BCUT2D eigenvalue weighted by Gasteiger charge is -2.16. The summed E-state index contributed by atoms with van der Waals surface area (Å²) in [6.07, 6.45) is 0. The van der Waals surface area contributed by atoms with Crippen molar-refractivity contribution < 1.29 is 14.3 Å². The number of hydrogen-bond donors (Lipinski definition) is 0. The van der Waals surface area contributed by atoms with Gasteiger partial charge in [0.2, 0.25) is 6.79 Å². The molecule has 0 fully saturated rings. The van der Waals surface area contributed by atoms with Gasteiger partial charge in [0.25, 0.3) is 0 Å². The van der Waals surface area contributed by atoms with Gasteiger partial charge in [0, 0.05) is 0 Å². The predicted molar refractivity (Wildman–Crippen MR) is 71.6 cm³/mol. The summed E-state index contributed by atoms with van der Waals surface area (Å²) >= 11 is 0. The minimum atomic E-state index is -0.495. The van der Waals surface area contributed by atoms with E-state index in [1.54, 1.807) is 0 Å². The van der Waals surface area contributed by atoms with Crippen molar-refractivity contribution in [1.82, 2.24) is 0 Å². The van der Waals surface area contributed by atoms with E-state index in [0.29, 0.717) is 11.7 Å². The SMILES string of the molecule is CC(C)c1ccc(OCOC(=O)C(C)(C)C)cc1. The van der Waals surface area contributed by atoms with Crippen LogP contribution in [-0.2, 0) is 9.53 Å². The molecule has 1 aromatic rings. The molecule has 0 spiro atoms. The number of ether oxygens (including phenoxy) is 2. The summed E-state index contributed by atoms with van der Waals surface area (Å²) in [4.78, 5) is 11.5. The molecule has 0 bridgehead atoms. The lowest BCUT2D eigenvalue weighted by Crippen LogP contribution is -2.24. The van der Waals surface area contributed by atoms with E-state index in [-0.39, 0.29) is 12.8 Å². The number of rotatable bonds is 4. The number of benzene rings is 1. The zero-order valence-corrected chi connectivity index (χ0v) is 11.8. The van der Waals surface area contributed by atoms with E-state index in [4.69, 9.17) is 9.47 Å². The van der Waals surface area contributed by atoms with Gasteiger partial charge in [-0.25, -0.2) is 0 Å². The van der Waals surface area contributed by atoms with Crippen LogP contribution in [-0.4, -0.2) is 12.8 Å². The van der Waals surface area contributed by atoms with Gasteiger partial charge < -0.3 is 9.47 Å². The fourth-order valence-corrected chi connectivity index (χ4v) is 1.32. The summed E-state index contributed by atoms with van der Waals surface area (Å²) < 4.78 is 10.4. The second kappa shape index (κ2) is 5.89. The first-order valence-electron chi connectivity index (χ1n) is 6.20. The van der Waals surface area contributed by atoms with E-state index in [0.717, 1.165) is 0 Å².